The SMILES string of the molecule is Cc1ccc2c(c1)CCCN2C(=O)c1nonc1N. The topological polar surface area (TPSA) is 85.2 Å². The summed E-state index contributed by atoms with van der Waals surface area (Å²) < 4.78 is 4.49. The zero-order valence-corrected chi connectivity index (χ0v) is 10.6. The van der Waals surface area contributed by atoms with Crippen LogP contribution in [0.15, 0.2) is 22.8 Å². The number of carbonyl (C=O) groups excluding carboxylic acids is 1. The van der Waals surface area contributed by atoms with E-state index in [9.17, 15) is 4.79 Å². The van der Waals surface area contributed by atoms with Gasteiger partial charge in [-0.3, -0.25) is 4.79 Å². The van der Waals surface area contributed by atoms with Crippen LogP contribution in [0.2, 0.25) is 0 Å². The molecule has 0 fully saturated rings. The van der Waals surface area contributed by atoms with Gasteiger partial charge in [-0.25, -0.2) is 4.63 Å². The van der Waals surface area contributed by atoms with E-state index in [2.05, 4.69) is 21.0 Å². The lowest BCUT2D eigenvalue weighted by Gasteiger charge is -2.29. The van der Waals surface area contributed by atoms with Crippen LogP contribution in [0.3, 0.4) is 0 Å². The molecule has 1 aliphatic rings. The number of aryl methyl sites for hydroxylation is 2. The molecule has 0 radical (unpaired) electrons. The van der Waals surface area contributed by atoms with Crippen molar-refractivity contribution >= 4 is 17.4 Å². The molecule has 19 heavy (non-hydrogen) atoms. The molecule has 98 valence electrons. The van der Waals surface area contributed by atoms with Gasteiger partial charge in [0.25, 0.3) is 5.91 Å². The second-order valence-corrected chi connectivity index (χ2v) is 4.69. The molecule has 1 aromatic carbocycles. The van der Waals surface area contributed by atoms with Crippen molar-refractivity contribution in [1.29, 1.82) is 0 Å². The zero-order chi connectivity index (χ0) is 13.4. The number of benzene rings is 1. The number of aromatic nitrogens is 2. The Labute approximate surface area is 110 Å². The van der Waals surface area contributed by atoms with E-state index in [0.717, 1.165) is 18.5 Å². The van der Waals surface area contributed by atoms with Crippen molar-refractivity contribution in [2.24, 2.45) is 0 Å². The third-order valence-electron chi connectivity index (χ3n) is 3.32. The van der Waals surface area contributed by atoms with Crippen LogP contribution in [-0.2, 0) is 6.42 Å². The number of hydrogen-bond donors (Lipinski definition) is 1. The van der Waals surface area contributed by atoms with Crippen LogP contribution in [0.25, 0.3) is 0 Å². The van der Waals surface area contributed by atoms with E-state index in [1.54, 1.807) is 4.90 Å². The van der Waals surface area contributed by atoms with Crippen LogP contribution < -0.4 is 10.6 Å². The van der Waals surface area contributed by atoms with Gasteiger partial charge in [0.2, 0.25) is 11.5 Å². The maximum absolute atomic E-state index is 12.4. The predicted molar refractivity (Wildman–Crippen MR) is 69.9 cm³/mol. The minimum absolute atomic E-state index is 0.0317. The molecule has 6 heteroatoms. The van der Waals surface area contributed by atoms with Gasteiger partial charge in [0, 0.05) is 12.2 Å². The highest BCUT2D eigenvalue weighted by atomic mass is 16.6. The Bertz CT molecular complexity index is 635. The minimum Gasteiger partial charge on any atom is -0.379 e. The molecule has 3 rings (SSSR count). The van der Waals surface area contributed by atoms with E-state index in [0.29, 0.717) is 6.54 Å². The zero-order valence-electron chi connectivity index (χ0n) is 10.6. The Morgan fingerprint density at radius 1 is 1.42 bits per heavy atom. The van der Waals surface area contributed by atoms with Crippen LogP contribution in [0.5, 0.6) is 0 Å². The lowest BCUT2D eigenvalue weighted by Crippen LogP contribution is -2.36. The summed E-state index contributed by atoms with van der Waals surface area (Å²) in [5.74, 6) is -0.229. The highest BCUT2D eigenvalue weighted by molar-refractivity contribution is 6.07. The Kier molecular flexibility index (Phi) is 2.70. The van der Waals surface area contributed by atoms with Gasteiger partial charge in [-0.05, 0) is 41.7 Å². The van der Waals surface area contributed by atoms with Crippen molar-refractivity contribution < 1.29 is 9.42 Å². The Morgan fingerprint density at radius 3 is 3.00 bits per heavy atom. The summed E-state index contributed by atoms with van der Waals surface area (Å²) in [5.41, 5.74) is 8.94. The first-order valence-electron chi connectivity index (χ1n) is 6.16. The summed E-state index contributed by atoms with van der Waals surface area (Å²) in [6.07, 6.45) is 1.90. The molecule has 1 aromatic heterocycles. The maximum Gasteiger partial charge on any atom is 0.284 e. The van der Waals surface area contributed by atoms with Crippen molar-refractivity contribution in [3.63, 3.8) is 0 Å². The smallest absolute Gasteiger partial charge is 0.284 e. The number of carbonyl (C=O) groups is 1. The normalized spacial score (nSPS) is 14.3. The molecule has 1 aliphatic heterocycles. The van der Waals surface area contributed by atoms with Gasteiger partial charge < -0.3 is 10.6 Å². The molecular formula is C13H14N4O2. The Morgan fingerprint density at radius 2 is 2.26 bits per heavy atom. The van der Waals surface area contributed by atoms with Gasteiger partial charge in [-0.1, -0.05) is 17.7 Å². The van der Waals surface area contributed by atoms with Crippen molar-refractivity contribution in [2.45, 2.75) is 19.8 Å². The van der Waals surface area contributed by atoms with E-state index in [-0.39, 0.29) is 17.4 Å². The number of hydrogen-bond acceptors (Lipinski definition) is 5. The van der Waals surface area contributed by atoms with E-state index in [4.69, 9.17) is 5.73 Å². The molecule has 0 aliphatic carbocycles. The van der Waals surface area contributed by atoms with E-state index < -0.39 is 0 Å². The Balaban J connectivity index is 2.00. The van der Waals surface area contributed by atoms with Crippen LogP contribution in [-0.4, -0.2) is 22.8 Å². The Hall–Kier alpha value is -2.37. The quantitative estimate of drug-likeness (QED) is 0.838. The number of amides is 1. The molecular weight excluding hydrogens is 244 g/mol. The maximum atomic E-state index is 12.4. The summed E-state index contributed by atoms with van der Waals surface area (Å²) in [6.45, 7) is 2.70. The average Bonchev–Trinajstić information content (AvgIpc) is 2.83. The molecule has 0 saturated heterocycles. The first-order valence-corrected chi connectivity index (χ1v) is 6.16. The average molecular weight is 258 g/mol. The van der Waals surface area contributed by atoms with E-state index in [1.807, 2.05) is 19.1 Å². The molecule has 6 nitrogen and oxygen atoms in total. The molecule has 1 amide bonds. The highest BCUT2D eigenvalue weighted by Crippen LogP contribution is 2.29. The fourth-order valence-electron chi connectivity index (χ4n) is 2.41. The number of rotatable bonds is 1. The van der Waals surface area contributed by atoms with Crippen molar-refractivity contribution in [3.8, 4) is 0 Å². The van der Waals surface area contributed by atoms with Crippen LogP contribution in [0.4, 0.5) is 11.5 Å². The fourth-order valence-corrected chi connectivity index (χ4v) is 2.41. The van der Waals surface area contributed by atoms with Gasteiger partial charge in [0.1, 0.15) is 0 Å². The summed E-state index contributed by atoms with van der Waals surface area (Å²) in [6, 6.07) is 6.07. The predicted octanol–water partition coefficient (Wildman–Crippen LogP) is 1.55. The monoisotopic (exact) mass is 258 g/mol. The number of anilines is 2. The second-order valence-electron chi connectivity index (χ2n) is 4.69. The molecule has 2 heterocycles. The summed E-state index contributed by atoms with van der Waals surface area (Å²) >= 11 is 0. The lowest BCUT2D eigenvalue weighted by molar-refractivity contribution is 0.0976. The highest BCUT2D eigenvalue weighted by Gasteiger charge is 2.27. The number of nitrogens with two attached hydrogens (primary N) is 1. The second kappa shape index (κ2) is 4.38. The van der Waals surface area contributed by atoms with Gasteiger partial charge in [-0.2, -0.15) is 0 Å². The van der Waals surface area contributed by atoms with Crippen LogP contribution in [0, 0.1) is 6.92 Å². The third kappa shape index (κ3) is 1.95. The largest absolute Gasteiger partial charge is 0.379 e. The molecule has 0 unspecified atom stereocenters. The lowest BCUT2D eigenvalue weighted by atomic mass is 9.99. The van der Waals surface area contributed by atoms with Crippen molar-refractivity contribution in [1.82, 2.24) is 10.3 Å². The van der Waals surface area contributed by atoms with Crippen molar-refractivity contribution in [2.75, 3.05) is 17.2 Å². The number of nitrogen functional groups attached to an aromatic ring is 1. The molecule has 2 aromatic rings. The van der Waals surface area contributed by atoms with Crippen LogP contribution in [0.1, 0.15) is 28.0 Å². The molecule has 2 N–H and O–H groups in total. The van der Waals surface area contributed by atoms with Gasteiger partial charge >= 0.3 is 0 Å². The van der Waals surface area contributed by atoms with Gasteiger partial charge in [0.15, 0.2) is 0 Å². The summed E-state index contributed by atoms with van der Waals surface area (Å²) in [7, 11) is 0. The van der Waals surface area contributed by atoms with Gasteiger partial charge in [0.05, 0.1) is 0 Å². The first-order chi connectivity index (χ1) is 9.16. The summed E-state index contributed by atoms with van der Waals surface area (Å²) in [5, 5.41) is 7.03. The minimum atomic E-state index is -0.261. The van der Waals surface area contributed by atoms with Gasteiger partial charge in [-0.15, -0.1) is 0 Å². The van der Waals surface area contributed by atoms with E-state index in [1.165, 1.54) is 11.1 Å². The van der Waals surface area contributed by atoms with Crippen LogP contribution >= 0.6 is 0 Å². The molecule has 0 saturated carbocycles. The molecule has 0 atom stereocenters. The molecule has 0 bridgehead atoms. The fraction of sp³-hybridized carbons (Fsp3) is 0.308. The number of fused-ring (bicyclic) bond motifs is 1. The third-order valence-corrected chi connectivity index (χ3v) is 3.32. The standard InChI is InChI=1S/C13H14N4O2/c1-8-4-5-10-9(7-8)3-2-6-17(10)13(18)11-12(14)16-19-15-11/h4-5,7H,2-3,6H2,1H3,(H2,14,16). The molecule has 0 spiro atoms. The summed E-state index contributed by atoms with van der Waals surface area (Å²) in [4.78, 5) is 14.1. The van der Waals surface area contributed by atoms with E-state index >= 15 is 0 Å². The van der Waals surface area contributed by atoms with Crippen molar-refractivity contribution in [3.05, 3.63) is 35.0 Å². The first kappa shape index (κ1) is 11.7. The number of nitrogens with zero attached hydrogens (tertiary/aromatic N) is 3.